The summed E-state index contributed by atoms with van der Waals surface area (Å²) in [6.07, 6.45) is 6.53. The number of carbonyl (C=O) groups is 1. The van der Waals surface area contributed by atoms with E-state index >= 15 is 0 Å². The molecule has 0 aliphatic heterocycles. The molecule has 0 amide bonds. The molecule has 2 N–H and O–H groups in total. The molecule has 3 heteroatoms. The molecule has 2 bridgehead atoms. The van der Waals surface area contributed by atoms with Crippen molar-refractivity contribution in [1.82, 2.24) is 0 Å². The molecule has 0 spiro atoms. The molecule has 2 aliphatic carbocycles. The Morgan fingerprint density at radius 2 is 2.00 bits per heavy atom. The lowest BCUT2D eigenvalue weighted by Crippen LogP contribution is -2.33. The molecule has 0 radical (unpaired) electrons. The van der Waals surface area contributed by atoms with Crippen molar-refractivity contribution in [3.05, 3.63) is 42.0 Å². The van der Waals surface area contributed by atoms with E-state index in [4.69, 9.17) is 0 Å². The van der Waals surface area contributed by atoms with Crippen molar-refractivity contribution in [3.8, 4) is 5.75 Å². The SMILES string of the molecule is O=C(O)CC1(c2ccc(O)cc2)CC2C=CC1C2. The van der Waals surface area contributed by atoms with Crippen LogP contribution in [-0.4, -0.2) is 16.2 Å². The number of rotatable bonds is 3. The summed E-state index contributed by atoms with van der Waals surface area (Å²) in [5, 5.41) is 18.6. The van der Waals surface area contributed by atoms with Crippen molar-refractivity contribution in [2.24, 2.45) is 11.8 Å². The Morgan fingerprint density at radius 3 is 2.50 bits per heavy atom. The number of aromatic hydroxyl groups is 1. The van der Waals surface area contributed by atoms with Gasteiger partial charge in [-0.1, -0.05) is 24.3 Å². The van der Waals surface area contributed by atoms with Gasteiger partial charge in [0.05, 0.1) is 6.42 Å². The summed E-state index contributed by atoms with van der Waals surface area (Å²) < 4.78 is 0. The molecule has 3 atom stereocenters. The van der Waals surface area contributed by atoms with Crippen molar-refractivity contribution < 1.29 is 15.0 Å². The maximum Gasteiger partial charge on any atom is 0.304 e. The Hall–Kier alpha value is -1.77. The maximum absolute atomic E-state index is 11.2. The fourth-order valence-electron chi connectivity index (χ4n) is 3.66. The Morgan fingerprint density at radius 1 is 1.28 bits per heavy atom. The number of fused-ring (bicyclic) bond motifs is 2. The van der Waals surface area contributed by atoms with Crippen LogP contribution in [-0.2, 0) is 10.2 Å². The molecule has 3 unspecified atom stereocenters. The van der Waals surface area contributed by atoms with E-state index < -0.39 is 5.97 Å². The Kier molecular flexibility index (Phi) is 2.44. The van der Waals surface area contributed by atoms with Gasteiger partial charge in [-0.25, -0.2) is 0 Å². The second kappa shape index (κ2) is 3.87. The van der Waals surface area contributed by atoms with Gasteiger partial charge in [0.2, 0.25) is 0 Å². The van der Waals surface area contributed by atoms with Gasteiger partial charge in [-0.2, -0.15) is 0 Å². The molecule has 94 valence electrons. The summed E-state index contributed by atoms with van der Waals surface area (Å²) in [6.45, 7) is 0. The first-order valence-electron chi connectivity index (χ1n) is 6.30. The van der Waals surface area contributed by atoms with E-state index in [0.29, 0.717) is 11.8 Å². The standard InChI is InChI=1S/C15H16O3/c16-13-5-3-11(4-6-13)15(9-14(17)18)8-10-1-2-12(15)7-10/h1-6,10,12,16H,7-9H2,(H,17,18). The fraction of sp³-hybridized carbons (Fsp3) is 0.400. The van der Waals surface area contributed by atoms with Crippen molar-refractivity contribution in [2.75, 3.05) is 0 Å². The molecular formula is C15H16O3. The minimum absolute atomic E-state index is 0.170. The van der Waals surface area contributed by atoms with E-state index in [1.54, 1.807) is 12.1 Å². The third-order valence-corrected chi connectivity index (χ3v) is 4.42. The molecule has 3 rings (SSSR count). The summed E-state index contributed by atoms with van der Waals surface area (Å²) in [4.78, 5) is 11.2. The van der Waals surface area contributed by atoms with Crippen LogP contribution in [0.3, 0.4) is 0 Å². The second-order valence-electron chi connectivity index (χ2n) is 5.46. The third kappa shape index (κ3) is 1.62. The zero-order chi connectivity index (χ0) is 12.8. The van der Waals surface area contributed by atoms with E-state index in [0.717, 1.165) is 18.4 Å². The Labute approximate surface area is 106 Å². The minimum Gasteiger partial charge on any atom is -0.508 e. The van der Waals surface area contributed by atoms with Crippen LogP contribution in [0.15, 0.2) is 36.4 Å². The van der Waals surface area contributed by atoms with Gasteiger partial charge in [0.1, 0.15) is 5.75 Å². The van der Waals surface area contributed by atoms with Crippen LogP contribution in [0.1, 0.15) is 24.8 Å². The van der Waals surface area contributed by atoms with Gasteiger partial charge in [-0.05, 0) is 42.4 Å². The zero-order valence-electron chi connectivity index (χ0n) is 10.0. The van der Waals surface area contributed by atoms with Crippen molar-refractivity contribution in [3.63, 3.8) is 0 Å². The number of benzene rings is 1. The van der Waals surface area contributed by atoms with Crippen LogP contribution in [0, 0.1) is 11.8 Å². The fourth-order valence-corrected chi connectivity index (χ4v) is 3.66. The molecule has 0 saturated heterocycles. The van der Waals surface area contributed by atoms with Gasteiger partial charge in [0.15, 0.2) is 0 Å². The van der Waals surface area contributed by atoms with Crippen LogP contribution in [0.5, 0.6) is 5.75 Å². The summed E-state index contributed by atoms with van der Waals surface area (Å²) in [7, 11) is 0. The van der Waals surface area contributed by atoms with E-state index in [9.17, 15) is 15.0 Å². The predicted octanol–water partition coefficient (Wildman–Crippen LogP) is 2.70. The number of allylic oxidation sites excluding steroid dienone is 2. The smallest absolute Gasteiger partial charge is 0.304 e. The molecule has 0 heterocycles. The van der Waals surface area contributed by atoms with Gasteiger partial charge in [-0.3, -0.25) is 4.79 Å². The van der Waals surface area contributed by atoms with Crippen LogP contribution >= 0.6 is 0 Å². The molecule has 1 saturated carbocycles. The van der Waals surface area contributed by atoms with E-state index in [1.807, 2.05) is 12.1 Å². The number of hydrogen-bond acceptors (Lipinski definition) is 2. The first kappa shape index (κ1) is 11.3. The lowest BCUT2D eigenvalue weighted by Gasteiger charge is -2.35. The number of carboxylic acid groups (broad SMARTS) is 1. The summed E-state index contributed by atoms with van der Waals surface area (Å²) >= 11 is 0. The molecule has 1 aromatic rings. The second-order valence-corrected chi connectivity index (χ2v) is 5.46. The monoisotopic (exact) mass is 244 g/mol. The average Bonchev–Trinajstić information content (AvgIpc) is 2.89. The maximum atomic E-state index is 11.2. The highest BCUT2D eigenvalue weighted by molar-refractivity contribution is 5.69. The van der Waals surface area contributed by atoms with Gasteiger partial charge in [-0.15, -0.1) is 0 Å². The Bertz CT molecular complexity index is 503. The van der Waals surface area contributed by atoms with Crippen LogP contribution in [0.25, 0.3) is 0 Å². The molecule has 2 aliphatic rings. The van der Waals surface area contributed by atoms with E-state index in [1.165, 1.54) is 0 Å². The highest BCUT2D eigenvalue weighted by atomic mass is 16.4. The van der Waals surface area contributed by atoms with E-state index in [2.05, 4.69) is 12.2 Å². The van der Waals surface area contributed by atoms with Crippen molar-refractivity contribution >= 4 is 5.97 Å². The summed E-state index contributed by atoms with van der Waals surface area (Å²) in [5.41, 5.74) is 0.762. The molecule has 1 fully saturated rings. The number of carboxylic acids is 1. The molecule has 18 heavy (non-hydrogen) atoms. The minimum atomic E-state index is -0.746. The number of phenolic OH excluding ortho intramolecular Hbond substituents is 1. The van der Waals surface area contributed by atoms with Gasteiger partial charge in [0, 0.05) is 5.41 Å². The quantitative estimate of drug-likeness (QED) is 0.804. The van der Waals surface area contributed by atoms with Gasteiger partial charge in [0.25, 0.3) is 0 Å². The third-order valence-electron chi connectivity index (χ3n) is 4.42. The summed E-state index contributed by atoms with van der Waals surface area (Å²) in [5.74, 6) is 0.318. The van der Waals surface area contributed by atoms with Crippen molar-refractivity contribution in [2.45, 2.75) is 24.7 Å². The largest absolute Gasteiger partial charge is 0.508 e. The number of phenols is 1. The van der Waals surface area contributed by atoms with Gasteiger partial charge >= 0.3 is 5.97 Å². The summed E-state index contributed by atoms with van der Waals surface area (Å²) in [6, 6.07) is 7.03. The average molecular weight is 244 g/mol. The first-order chi connectivity index (χ1) is 8.60. The Balaban J connectivity index is 2.03. The number of aliphatic carboxylic acids is 1. The first-order valence-corrected chi connectivity index (χ1v) is 6.30. The topological polar surface area (TPSA) is 57.5 Å². The zero-order valence-corrected chi connectivity index (χ0v) is 10.0. The molecule has 0 aromatic heterocycles. The lowest BCUT2D eigenvalue weighted by atomic mass is 9.68. The normalized spacial score (nSPS) is 32.9. The highest BCUT2D eigenvalue weighted by Crippen LogP contribution is 2.55. The van der Waals surface area contributed by atoms with Crippen LogP contribution in [0.2, 0.25) is 0 Å². The van der Waals surface area contributed by atoms with E-state index in [-0.39, 0.29) is 17.6 Å². The predicted molar refractivity (Wildman–Crippen MR) is 67.4 cm³/mol. The van der Waals surface area contributed by atoms with Crippen LogP contribution < -0.4 is 0 Å². The molecule has 1 aromatic carbocycles. The van der Waals surface area contributed by atoms with Crippen molar-refractivity contribution in [1.29, 1.82) is 0 Å². The molecule has 3 nitrogen and oxygen atoms in total. The number of hydrogen-bond donors (Lipinski definition) is 2. The lowest BCUT2D eigenvalue weighted by molar-refractivity contribution is -0.138. The highest BCUT2D eigenvalue weighted by Gasteiger charge is 2.50. The van der Waals surface area contributed by atoms with Gasteiger partial charge < -0.3 is 10.2 Å². The molecular weight excluding hydrogens is 228 g/mol. The van der Waals surface area contributed by atoms with Crippen LogP contribution in [0.4, 0.5) is 0 Å².